The Morgan fingerprint density at radius 2 is 1.59 bits per heavy atom. The molecule has 0 fully saturated rings. The molecule has 3 aromatic carbocycles. The lowest BCUT2D eigenvalue weighted by Gasteiger charge is -2.12. The van der Waals surface area contributed by atoms with Crippen molar-refractivity contribution in [2.24, 2.45) is 0 Å². The van der Waals surface area contributed by atoms with Crippen LogP contribution >= 0.6 is 0 Å². The molecule has 0 bridgehead atoms. The van der Waals surface area contributed by atoms with Crippen molar-refractivity contribution < 1.29 is 5.11 Å². The molecule has 0 aliphatic rings. The first-order valence-corrected chi connectivity index (χ1v) is 9.29. The molecule has 5 heteroatoms. The third kappa shape index (κ3) is 3.75. The summed E-state index contributed by atoms with van der Waals surface area (Å²) in [7, 11) is 4.00. The van der Waals surface area contributed by atoms with Crippen molar-refractivity contribution in [3.63, 3.8) is 0 Å². The number of benzene rings is 3. The van der Waals surface area contributed by atoms with Crippen molar-refractivity contribution in [1.29, 1.82) is 0 Å². The van der Waals surface area contributed by atoms with Crippen LogP contribution in [0.15, 0.2) is 77.6 Å². The zero-order valence-corrected chi connectivity index (χ0v) is 16.3. The van der Waals surface area contributed by atoms with Gasteiger partial charge in [-0.2, -0.15) is 0 Å². The Bertz CT molecular complexity index is 1240. The van der Waals surface area contributed by atoms with Gasteiger partial charge >= 0.3 is 0 Å². The summed E-state index contributed by atoms with van der Waals surface area (Å²) in [6, 6.07) is 22.0. The Morgan fingerprint density at radius 3 is 2.28 bits per heavy atom. The van der Waals surface area contributed by atoms with Crippen LogP contribution in [0.1, 0.15) is 11.4 Å². The molecule has 0 saturated carbocycles. The predicted molar refractivity (Wildman–Crippen MR) is 119 cm³/mol. The minimum Gasteiger partial charge on any atom is -0.508 e. The second-order valence-corrected chi connectivity index (χ2v) is 6.96. The lowest BCUT2D eigenvalue weighted by molar-refractivity contribution is 0.475. The van der Waals surface area contributed by atoms with Crippen LogP contribution in [-0.2, 0) is 0 Å². The molecule has 144 valence electrons. The number of phenolic OH excluding ortho intramolecular Hbond substituents is 1. The zero-order chi connectivity index (χ0) is 20.4. The van der Waals surface area contributed by atoms with Crippen LogP contribution in [0.4, 0.5) is 5.69 Å². The van der Waals surface area contributed by atoms with Gasteiger partial charge < -0.3 is 10.0 Å². The zero-order valence-electron chi connectivity index (χ0n) is 16.3. The number of nitrogens with zero attached hydrogens (tertiary/aromatic N) is 3. The van der Waals surface area contributed by atoms with Gasteiger partial charge in [-0.05, 0) is 60.2 Å². The maximum atomic E-state index is 13.2. The van der Waals surface area contributed by atoms with Gasteiger partial charge in [0, 0.05) is 19.8 Å². The summed E-state index contributed by atoms with van der Waals surface area (Å²) < 4.78 is 1.56. The number of fused-ring (bicyclic) bond motifs is 1. The van der Waals surface area contributed by atoms with Gasteiger partial charge in [0.1, 0.15) is 11.6 Å². The number of phenols is 1. The molecule has 4 aromatic rings. The van der Waals surface area contributed by atoms with Gasteiger partial charge in [-0.1, -0.05) is 30.3 Å². The number of para-hydroxylation sites is 1. The second kappa shape index (κ2) is 7.64. The highest BCUT2D eigenvalue weighted by atomic mass is 16.3. The number of rotatable bonds is 4. The summed E-state index contributed by atoms with van der Waals surface area (Å²) in [5, 5.41) is 10.2. The number of aromatic hydroxyl groups is 1. The third-order valence-corrected chi connectivity index (χ3v) is 4.74. The van der Waals surface area contributed by atoms with Crippen LogP contribution in [0.5, 0.6) is 5.75 Å². The lowest BCUT2D eigenvalue weighted by Crippen LogP contribution is -2.22. The van der Waals surface area contributed by atoms with E-state index in [1.54, 1.807) is 34.9 Å². The monoisotopic (exact) mass is 383 g/mol. The molecule has 0 radical (unpaired) electrons. The maximum Gasteiger partial charge on any atom is 0.266 e. The standard InChI is InChI=1S/C24H21N3O2/c1-26(2)18-10-7-17(8-11-18)9-16-23-25-22-6-4-3-5-21(22)24(29)27(23)19-12-14-20(28)15-13-19/h3-16,28H,1-2H3/b16-9+. The van der Waals surface area contributed by atoms with E-state index in [0.717, 1.165) is 11.3 Å². The third-order valence-electron chi connectivity index (χ3n) is 4.74. The Morgan fingerprint density at radius 1 is 0.897 bits per heavy atom. The summed E-state index contributed by atoms with van der Waals surface area (Å²) >= 11 is 0. The first-order chi connectivity index (χ1) is 14.0. The molecule has 1 heterocycles. The number of hydrogen-bond donors (Lipinski definition) is 1. The average molecular weight is 383 g/mol. The molecule has 29 heavy (non-hydrogen) atoms. The lowest BCUT2D eigenvalue weighted by atomic mass is 10.1. The van der Waals surface area contributed by atoms with E-state index in [9.17, 15) is 9.90 Å². The molecule has 0 aliphatic carbocycles. The van der Waals surface area contributed by atoms with Crippen molar-refractivity contribution in [3.05, 3.63) is 94.5 Å². The highest BCUT2D eigenvalue weighted by molar-refractivity contribution is 5.80. The number of anilines is 1. The molecule has 0 aliphatic heterocycles. The van der Waals surface area contributed by atoms with Crippen LogP contribution in [0, 0.1) is 0 Å². The Balaban J connectivity index is 1.85. The Labute approximate surface area is 168 Å². The number of hydrogen-bond acceptors (Lipinski definition) is 4. The molecule has 0 saturated heterocycles. The molecule has 0 spiro atoms. The topological polar surface area (TPSA) is 58.4 Å². The highest BCUT2D eigenvalue weighted by Gasteiger charge is 2.11. The first kappa shape index (κ1) is 18.5. The average Bonchev–Trinajstić information content (AvgIpc) is 2.73. The van der Waals surface area contributed by atoms with Crippen molar-refractivity contribution in [2.45, 2.75) is 0 Å². The largest absolute Gasteiger partial charge is 0.508 e. The van der Waals surface area contributed by atoms with Crippen LogP contribution in [0.3, 0.4) is 0 Å². The maximum absolute atomic E-state index is 13.2. The van der Waals surface area contributed by atoms with E-state index < -0.39 is 0 Å². The van der Waals surface area contributed by atoms with E-state index in [-0.39, 0.29) is 11.3 Å². The highest BCUT2D eigenvalue weighted by Crippen LogP contribution is 2.18. The summed E-state index contributed by atoms with van der Waals surface area (Å²) in [5.41, 5.74) is 3.27. The molecule has 1 N–H and O–H groups in total. The Kier molecular flexibility index (Phi) is 4.87. The van der Waals surface area contributed by atoms with Gasteiger partial charge in [0.25, 0.3) is 5.56 Å². The molecule has 1 aromatic heterocycles. The van der Waals surface area contributed by atoms with Gasteiger partial charge in [0.15, 0.2) is 0 Å². The first-order valence-electron chi connectivity index (χ1n) is 9.29. The van der Waals surface area contributed by atoms with E-state index >= 15 is 0 Å². The summed E-state index contributed by atoms with van der Waals surface area (Å²) in [4.78, 5) is 19.9. The predicted octanol–water partition coefficient (Wildman–Crippen LogP) is 4.33. The molecular weight excluding hydrogens is 362 g/mol. The summed E-state index contributed by atoms with van der Waals surface area (Å²) in [5.74, 6) is 0.671. The van der Waals surface area contributed by atoms with Crippen LogP contribution in [0.25, 0.3) is 28.7 Å². The minimum atomic E-state index is -0.149. The van der Waals surface area contributed by atoms with E-state index in [4.69, 9.17) is 4.98 Å². The molecule has 5 nitrogen and oxygen atoms in total. The number of aromatic nitrogens is 2. The molecular formula is C24H21N3O2. The van der Waals surface area contributed by atoms with Gasteiger partial charge in [-0.15, -0.1) is 0 Å². The van der Waals surface area contributed by atoms with Gasteiger partial charge in [-0.3, -0.25) is 9.36 Å². The van der Waals surface area contributed by atoms with Crippen molar-refractivity contribution in [1.82, 2.24) is 9.55 Å². The van der Waals surface area contributed by atoms with Crippen LogP contribution in [0.2, 0.25) is 0 Å². The fourth-order valence-corrected chi connectivity index (χ4v) is 3.17. The normalized spacial score (nSPS) is 11.2. The van der Waals surface area contributed by atoms with Crippen LogP contribution in [-0.4, -0.2) is 28.8 Å². The molecule has 0 atom stereocenters. The van der Waals surface area contributed by atoms with Gasteiger partial charge in [0.2, 0.25) is 0 Å². The molecule has 0 unspecified atom stereocenters. The fourth-order valence-electron chi connectivity index (χ4n) is 3.17. The molecule has 4 rings (SSSR count). The quantitative estimate of drug-likeness (QED) is 0.570. The van der Waals surface area contributed by atoms with Gasteiger partial charge in [-0.25, -0.2) is 4.98 Å². The van der Waals surface area contributed by atoms with E-state index in [1.165, 1.54) is 0 Å². The van der Waals surface area contributed by atoms with Crippen LogP contribution < -0.4 is 10.5 Å². The van der Waals surface area contributed by atoms with Crippen molar-refractivity contribution in [2.75, 3.05) is 19.0 Å². The van der Waals surface area contributed by atoms with Gasteiger partial charge in [0.05, 0.1) is 16.6 Å². The second-order valence-electron chi connectivity index (χ2n) is 6.96. The Hall–Kier alpha value is -3.86. The minimum absolute atomic E-state index is 0.147. The van der Waals surface area contributed by atoms with E-state index in [0.29, 0.717) is 22.4 Å². The summed E-state index contributed by atoms with van der Waals surface area (Å²) in [6.45, 7) is 0. The smallest absolute Gasteiger partial charge is 0.266 e. The van der Waals surface area contributed by atoms with Crippen molar-refractivity contribution in [3.8, 4) is 11.4 Å². The fraction of sp³-hybridized carbons (Fsp3) is 0.0833. The van der Waals surface area contributed by atoms with E-state index in [1.807, 2.05) is 73.6 Å². The SMILES string of the molecule is CN(C)c1ccc(/C=C/c2nc3ccccc3c(=O)n2-c2ccc(O)cc2)cc1. The van der Waals surface area contributed by atoms with E-state index in [2.05, 4.69) is 0 Å². The molecule has 0 amide bonds. The van der Waals surface area contributed by atoms with Crippen molar-refractivity contribution >= 4 is 28.7 Å². The summed E-state index contributed by atoms with van der Waals surface area (Å²) in [6.07, 6.45) is 3.78.